The first-order chi connectivity index (χ1) is 10.9. The molecular formula is C20H30OS. The van der Waals surface area contributed by atoms with E-state index >= 15 is 0 Å². The Morgan fingerprint density at radius 1 is 0.773 bits per heavy atom. The average molecular weight is 319 g/mol. The van der Waals surface area contributed by atoms with Gasteiger partial charge in [0, 0.05) is 0 Å². The highest BCUT2D eigenvalue weighted by Gasteiger charge is 1.98. The molecule has 0 amide bonds. The molecule has 1 nitrogen and oxygen atoms in total. The largest absolute Gasteiger partial charge is 0.494 e. The number of fused-ring (bicyclic) bond motifs is 1. The van der Waals surface area contributed by atoms with E-state index in [4.69, 9.17) is 4.74 Å². The van der Waals surface area contributed by atoms with Crippen molar-refractivity contribution in [1.29, 1.82) is 0 Å². The zero-order chi connectivity index (χ0) is 15.5. The van der Waals surface area contributed by atoms with Gasteiger partial charge < -0.3 is 4.74 Å². The summed E-state index contributed by atoms with van der Waals surface area (Å²) in [6.45, 7) is 3.13. The van der Waals surface area contributed by atoms with Gasteiger partial charge in [0.25, 0.3) is 0 Å². The number of rotatable bonds is 12. The third-order valence-corrected chi connectivity index (χ3v) is 4.99. The van der Waals surface area contributed by atoms with Crippen LogP contribution in [0, 0.1) is 0 Å². The Bertz CT molecular complexity index is 517. The summed E-state index contributed by atoms with van der Waals surface area (Å²) in [5.41, 5.74) is 0. The Kier molecular flexibility index (Phi) is 8.40. The van der Waals surface area contributed by atoms with Gasteiger partial charge >= 0.3 is 0 Å². The van der Waals surface area contributed by atoms with E-state index in [-0.39, 0.29) is 0 Å². The zero-order valence-corrected chi connectivity index (χ0v) is 14.8. The lowest BCUT2D eigenvalue weighted by molar-refractivity contribution is 0.304. The molecule has 0 spiro atoms. The first-order valence-corrected chi connectivity index (χ1v) is 9.93. The van der Waals surface area contributed by atoms with Gasteiger partial charge in [0.2, 0.25) is 0 Å². The van der Waals surface area contributed by atoms with Crippen molar-refractivity contribution in [3.63, 3.8) is 0 Å². The van der Waals surface area contributed by atoms with Gasteiger partial charge in [-0.25, -0.2) is 0 Å². The summed E-state index contributed by atoms with van der Waals surface area (Å²) in [7, 11) is 0. The molecule has 0 unspecified atom stereocenters. The first kappa shape index (κ1) is 17.3. The van der Waals surface area contributed by atoms with Gasteiger partial charge in [0.1, 0.15) is 5.75 Å². The standard InChI is InChI=1S/C20H30OS/c1-2-3-4-5-6-7-8-9-10-11-14-21-20-13-12-18-16-22-17-19(18)15-20/h12-13,15-17H,2-11,14H2,1H3. The quantitative estimate of drug-likeness (QED) is 0.376. The molecule has 0 fully saturated rings. The van der Waals surface area contributed by atoms with Crippen molar-refractivity contribution >= 4 is 22.1 Å². The van der Waals surface area contributed by atoms with Crippen LogP contribution in [0.25, 0.3) is 10.8 Å². The molecule has 1 heterocycles. The monoisotopic (exact) mass is 318 g/mol. The third kappa shape index (κ3) is 6.39. The Morgan fingerprint density at radius 3 is 2.14 bits per heavy atom. The molecule has 0 aliphatic heterocycles. The Balaban J connectivity index is 1.45. The molecule has 1 aromatic carbocycles. The number of ether oxygens (including phenoxy) is 1. The Hall–Kier alpha value is -1.02. The number of hydrogen-bond donors (Lipinski definition) is 0. The van der Waals surface area contributed by atoms with Crippen molar-refractivity contribution in [3.05, 3.63) is 29.0 Å². The maximum Gasteiger partial charge on any atom is 0.119 e. The SMILES string of the molecule is CCCCCCCCCCCCOc1ccc2cscc2c1. The fourth-order valence-electron chi connectivity index (χ4n) is 2.81. The molecular weight excluding hydrogens is 288 g/mol. The topological polar surface area (TPSA) is 9.23 Å². The maximum absolute atomic E-state index is 5.86. The summed E-state index contributed by atoms with van der Waals surface area (Å²) in [5, 5.41) is 6.98. The molecule has 1 aromatic heterocycles. The van der Waals surface area contributed by atoms with Gasteiger partial charge in [-0.3, -0.25) is 0 Å². The summed E-state index contributed by atoms with van der Waals surface area (Å²) in [6, 6.07) is 6.40. The van der Waals surface area contributed by atoms with E-state index in [1.165, 1.54) is 75.0 Å². The first-order valence-electron chi connectivity index (χ1n) is 8.99. The zero-order valence-electron chi connectivity index (χ0n) is 14.0. The highest BCUT2D eigenvalue weighted by Crippen LogP contribution is 2.24. The van der Waals surface area contributed by atoms with E-state index in [1.807, 2.05) is 0 Å². The Labute approximate surface area is 139 Å². The molecule has 22 heavy (non-hydrogen) atoms. The lowest BCUT2D eigenvalue weighted by atomic mass is 10.1. The van der Waals surface area contributed by atoms with E-state index < -0.39 is 0 Å². The molecule has 0 aliphatic carbocycles. The van der Waals surface area contributed by atoms with Gasteiger partial charge in [0.15, 0.2) is 0 Å². The highest BCUT2D eigenvalue weighted by atomic mass is 32.1. The van der Waals surface area contributed by atoms with Crippen molar-refractivity contribution in [2.75, 3.05) is 6.61 Å². The second-order valence-electron chi connectivity index (χ2n) is 6.19. The van der Waals surface area contributed by atoms with E-state index in [1.54, 1.807) is 11.3 Å². The minimum atomic E-state index is 0.853. The van der Waals surface area contributed by atoms with Crippen molar-refractivity contribution in [2.45, 2.75) is 71.1 Å². The fourth-order valence-corrected chi connectivity index (χ4v) is 3.59. The summed E-state index contributed by atoms with van der Waals surface area (Å²) in [6.07, 6.45) is 13.7. The lowest BCUT2D eigenvalue weighted by Crippen LogP contribution is -1.97. The normalized spacial score (nSPS) is 11.1. The highest BCUT2D eigenvalue weighted by molar-refractivity contribution is 7.09. The maximum atomic E-state index is 5.86. The minimum absolute atomic E-state index is 0.853. The van der Waals surface area contributed by atoms with Crippen molar-refractivity contribution < 1.29 is 4.74 Å². The molecule has 0 saturated carbocycles. The summed E-state index contributed by atoms with van der Waals surface area (Å²) in [5.74, 6) is 1.02. The van der Waals surface area contributed by atoms with Crippen LogP contribution in [0.4, 0.5) is 0 Å². The van der Waals surface area contributed by atoms with E-state index in [2.05, 4.69) is 35.9 Å². The van der Waals surface area contributed by atoms with Crippen LogP contribution in [-0.4, -0.2) is 6.61 Å². The fraction of sp³-hybridized carbons (Fsp3) is 0.600. The summed E-state index contributed by atoms with van der Waals surface area (Å²) < 4.78 is 5.86. The van der Waals surface area contributed by atoms with Crippen molar-refractivity contribution in [3.8, 4) is 5.75 Å². The predicted molar refractivity (Wildman–Crippen MR) is 99.2 cm³/mol. The number of hydrogen-bond acceptors (Lipinski definition) is 2. The van der Waals surface area contributed by atoms with Gasteiger partial charge in [0.05, 0.1) is 6.61 Å². The van der Waals surface area contributed by atoms with Crippen LogP contribution < -0.4 is 4.74 Å². The van der Waals surface area contributed by atoms with Crippen LogP contribution in [0.15, 0.2) is 29.0 Å². The second kappa shape index (κ2) is 10.7. The second-order valence-corrected chi connectivity index (χ2v) is 6.94. The summed E-state index contributed by atoms with van der Waals surface area (Å²) >= 11 is 1.75. The van der Waals surface area contributed by atoms with Crippen LogP contribution in [0.5, 0.6) is 5.75 Å². The molecule has 0 radical (unpaired) electrons. The van der Waals surface area contributed by atoms with Crippen LogP contribution in [0.2, 0.25) is 0 Å². The predicted octanol–water partition coefficient (Wildman–Crippen LogP) is 7.20. The third-order valence-electron chi connectivity index (χ3n) is 4.21. The van der Waals surface area contributed by atoms with Gasteiger partial charge in [-0.15, -0.1) is 0 Å². The number of benzene rings is 1. The van der Waals surface area contributed by atoms with Crippen LogP contribution >= 0.6 is 11.3 Å². The molecule has 0 saturated heterocycles. The number of unbranched alkanes of at least 4 members (excludes halogenated alkanes) is 9. The van der Waals surface area contributed by atoms with Gasteiger partial charge in [-0.05, 0) is 46.2 Å². The van der Waals surface area contributed by atoms with Crippen molar-refractivity contribution in [2.24, 2.45) is 0 Å². The lowest BCUT2D eigenvalue weighted by Gasteiger charge is -2.06. The van der Waals surface area contributed by atoms with Gasteiger partial charge in [-0.2, -0.15) is 11.3 Å². The molecule has 0 bridgehead atoms. The molecule has 2 aromatic rings. The number of thiophene rings is 1. The van der Waals surface area contributed by atoms with Gasteiger partial charge in [-0.1, -0.05) is 64.7 Å². The van der Waals surface area contributed by atoms with E-state index in [0.717, 1.165) is 12.4 Å². The van der Waals surface area contributed by atoms with Crippen LogP contribution in [0.3, 0.4) is 0 Å². The molecule has 2 rings (SSSR count). The Morgan fingerprint density at radius 2 is 1.41 bits per heavy atom. The molecule has 0 aliphatic rings. The summed E-state index contributed by atoms with van der Waals surface area (Å²) in [4.78, 5) is 0. The van der Waals surface area contributed by atoms with Crippen molar-refractivity contribution in [1.82, 2.24) is 0 Å². The van der Waals surface area contributed by atoms with Crippen LogP contribution in [0.1, 0.15) is 71.1 Å². The molecule has 2 heteroatoms. The average Bonchev–Trinajstić information content (AvgIpc) is 3.00. The van der Waals surface area contributed by atoms with Crippen LogP contribution in [-0.2, 0) is 0 Å². The molecule has 0 atom stereocenters. The van der Waals surface area contributed by atoms with E-state index in [0.29, 0.717) is 0 Å². The molecule has 122 valence electrons. The molecule has 0 N–H and O–H groups in total. The smallest absolute Gasteiger partial charge is 0.119 e. The minimum Gasteiger partial charge on any atom is -0.494 e. The van der Waals surface area contributed by atoms with E-state index in [9.17, 15) is 0 Å².